The van der Waals surface area contributed by atoms with Crippen molar-refractivity contribution in [3.8, 4) is 5.75 Å². The van der Waals surface area contributed by atoms with Gasteiger partial charge in [0, 0.05) is 19.4 Å². The number of amides is 1. The average Bonchev–Trinajstić information content (AvgIpc) is 2.58. The van der Waals surface area contributed by atoms with Crippen LogP contribution in [0.2, 0.25) is 5.02 Å². The lowest BCUT2D eigenvalue weighted by Crippen LogP contribution is -2.48. The van der Waals surface area contributed by atoms with Gasteiger partial charge in [-0.25, -0.2) is 0 Å². The van der Waals surface area contributed by atoms with Crippen LogP contribution in [0.5, 0.6) is 5.75 Å². The highest BCUT2D eigenvalue weighted by atomic mass is 35.5. The van der Waals surface area contributed by atoms with E-state index in [0.717, 1.165) is 25.7 Å². The summed E-state index contributed by atoms with van der Waals surface area (Å²) >= 11 is 6.31. The van der Waals surface area contributed by atoms with Crippen molar-refractivity contribution in [1.82, 2.24) is 0 Å². The quantitative estimate of drug-likeness (QED) is 0.708. The number of halogens is 1. The van der Waals surface area contributed by atoms with Gasteiger partial charge < -0.3 is 19.5 Å². The van der Waals surface area contributed by atoms with Crippen molar-refractivity contribution in [1.29, 1.82) is 0 Å². The number of benzene rings is 1. The summed E-state index contributed by atoms with van der Waals surface area (Å²) in [6.45, 7) is 7.00. The fourth-order valence-electron chi connectivity index (χ4n) is 3.59. The molecule has 1 N–H and O–H groups in total. The maximum atomic E-state index is 13.0. The highest BCUT2D eigenvalue weighted by Crippen LogP contribution is 2.37. The molecule has 1 aliphatic rings. The van der Waals surface area contributed by atoms with E-state index in [2.05, 4.69) is 12.2 Å². The molecule has 26 heavy (non-hydrogen) atoms. The Bertz CT molecular complexity index is 605. The Morgan fingerprint density at radius 1 is 1.46 bits per heavy atom. The zero-order chi connectivity index (χ0) is 19.2. The van der Waals surface area contributed by atoms with E-state index >= 15 is 0 Å². The molecule has 6 heteroatoms. The number of rotatable bonds is 8. The van der Waals surface area contributed by atoms with Crippen molar-refractivity contribution in [2.24, 2.45) is 5.92 Å². The summed E-state index contributed by atoms with van der Waals surface area (Å²) in [6, 6.07) is 5.27. The van der Waals surface area contributed by atoms with E-state index in [0.29, 0.717) is 35.6 Å². The van der Waals surface area contributed by atoms with Crippen LogP contribution in [0.4, 0.5) is 5.69 Å². The molecule has 5 nitrogen and oxygen atoms in total. The minimum absolute atomic E-state index is 0.0941. The third-order valence-electron chi connectivity index (χ3n) is 4.71. The molecule has 1 aromatic carbocycles. The van der Waals surface area contributed by atoms with E-state index < -0.39 is 5.60 Å². The van der Waals surface area contributed by atoms with E-state index in [4.69, 9.17) is 25.8 Å². The molecule has 0 saturated heterocycles. The molecule has 0 heterocycles. The standard InChI is InChI=1S/C20H30ClNO4/c1-5-25-20(10-6-7-14(2)12-20)19(23)22-16-8-9-18(17(21)11-16)26-15(3)13-24-4/h8-9,11,14-15H,5-7,10,12-13H2,1-4H3,(H,22,23)/t14-,15+,20-/m1/s1. The second kappa shape index (κ2) is 9.58. The van der Waals surface area contributed by atoms with Gasteiger partial charge in [0.05, 0.1) is 11.6 Å². The number of carbonyl (C=O) groups excluding carboxylic acids is 1. The van der Waals surface area contributed by atoms with Crippen LogP contribution < -0.4 is 10.1 Å². The molecular weight excluding hydrogens is 354 g/mol. The van der Waals surface area contributed by atoms with Crippen LogP contribution >= 0.6 is 11.6 Å². The SMILES string of the molecule is CCO[C@]1(C(=O)Nc2ccc(O[C@@H](C)COC)c(Cl)c2)CCC[C@@H](C)C1. The summed E-state index contributed by atoms with van der Waals surface area (Å²) < 4.78 is 16.7. The van der Waals surface area contributed by atoms with Gasteiger partial charge >= 0.3 is 0 Å². The molecular formula is C20H30ClNO4. The number of hydrogen-bond donors (Lipinski definition) is 1. The summed E-state index contributed by atoms with van der Waals surface area (Å²) in [4.78, 5) is 13.0. The van der Waals surface area contributed by atoms with Crippen molar-refractivity contribution in [3.63, 3.8) is 0 Å². The minimum Gasteiger partial charge on any atom is -0.487 e. The molecule has 146 valence electrons. The van der Waals surface area contributed by atoms with Crippen LogP contribution in [0.15, 0.2) is 18.2 Å². The summed E-state index contributed by atoms with van der Waals surface area (Å²) in [5.41, 5.74) is -0.106. The van der Waals surface area contributed by atoms with Gasteiger partial charge in [-0.15, -0.1) is 0 Å². The van der Waals surface area contributed by atoms with E-state index in [1.807, 2.05) is 13.8 Å². The van der Waals surface area contributed by atoms with Crippen LogP contribution in [0.1, 0.15) is 46.5 Å². The van der Waals surface area contributed by atoms with Crippen molar-refractivity contribution >= 4 is 23.2 Å². The Kier molecular flexibility index (Phi) is 7.74. The first kappa shape index (κ1) is 21.0. The Balaban J connectivity index is 2.09. The van der Waals surface area contributed by atoms with Crippen molar-refractivity contribution in [3.05, 3.63) is 23.2 Å². The van der Waals surface area contributed by atoms with E-state index in [1.165, 1.54) is 0 Å². The molecule has 0 spiro atoms. The maximum absolute atomic E-state index is 13.0. The largest absolute Gasteiger partial charge is 0.487 e. The van der Waals surface area contributed by atoms with Crippen LogP contribution in [-0.4, -0.2) is 37.9 Å². The van der Waals surface area contributed by atoms with Gasteiger partial charge in [-0.3, -0.25) is 4.79 Å². The first-order valence-electron chi connectivity index (χ1n) is 9.30. The number of hydrogen-bond acceptors (Lipinski definition) is 4. The molecule has 0 aliphatic heterocycles. The summed E-state index contributed by atoms with van der Waals surface area (Å²) in [5, 5.41) is 3.43. The Labute approximate surface area is 161 Å². The molecule has 0 bridgehead atoms. The van der Waals surface area contributed by atoms with E-state index in [1.54, 1.807) is 25.3 Å². The zero-order valence-electron chi connectivity index (χ0n) is 16.1. The maximum Gasteiger partial charge on any atom is 0.256 e. The van der Waals surface area contributed by atoms with Gasteiger partial charge in [-0.05, 0) is 57.2 Å². The van der Waals surface area contributed by atoms with Gasteiger partial charge in [-0.2, -0.15) is 0 Å². The second-order valence-electron chi connectivity index (χ2n) is 7.11. The summed E-state index contributed by atoms with van der Waals surface area (Å²) in [7, 11) is 1.63. The van der Waals surface area contributed by atoms with Crippen LogP contribution in [0.25, 0.3) is 0 Å². The predicted molar refractivity (Wildman–Crippen MR) is 104 cm³/mol. The Hall–Kier alpha value is -1.30. The van der Waals surface area contributed by atoms with Crippen LogP contribution in [-0.2, 0) is 14.3 Å². The number of nitrogens with one attached hydrogen (secondary N) is 1. The topological polar surface area (TPSA) is 56.8 Å². The lowest BCUT2D eigenvalue weighted by molar-refractivity contribution is -0.147. The Morgan fingerprint density at radius 3 is 2.85 bits per heavy atom. The fraction of sp³-hybridized carbons (Fsp3) is 0.650. The minimum atomic E-state index is -0.749. The molecule has 1 saturated carbocycles. The third kappa shape index (κ3) is 5.35. The van der Waals surface area contributed by atoms with E-state index in [9.17, 15) is 4.79 Å². The molecule has 1 aliphatic carbocycles. The predicted octanol–water partition coefficient (Wildman–Crippen LogP) is 4.68. The first-order chi connectivity index (χ1) is 12.4. The van der Waals surface area contributed by atoms with Gasteiger partial charge in [0.2, 0.25) is 0 Å². The average molecular weight is 384 g/mol. The lowest BCUT2D eigenvalue weighted by atomic mass is 9.78. The second-order valence-corrected chi connectivity index (χ2v) is 7.52. The molecule has 2 rings (SSSR count). The number of methoxy groups -OCH3 is 1. The van der Waals surface area contributed by atoms with Gasteiger partial charge in [0.1, 0.15) is 17.5 Å². The number of ether oxygens (including phenoxy) is 3. The van der Waals surface area contributed by atoms with Gasteiger partial charge in [0.15, 0.2) is 0 Å². The molecule has 0 unspecified atom stereocenters. The molecule has 1 fully saturated rings. The number of anilines is 1. The third-order valence-corrected chi connectivity index (χ3v) is 5.00. The monoisotopic (exact) mass is 383 g/mol. The summed E-state index contributed by atoms with van der Waals surface area (Å²) in [6.07, 6.45) is 3.53. The smallest absolute Gasteiger partial charge is 0.256 e. The van der Waals surface area contributed by atoms with Crippen LogP contribution in [0.3, 0.4) is 0 Å². The van der Waals surface area contributed by atoms with Gasteiger partial charge in [-0.1, -0.05) is 24.9 Å². The van der Waals surface area contributed by atoms with Crippen LogP contribution in [0, 0.1) is 5.92 Å². The highest BCUT2D eigenvalue weighted by molar-refractivity contribution is 6.32. The van der Waals surface area contributed by atoms with E-state index in [-0.39, 0.29) is 12.0 Å². The van der Waals surface area contributed by atoms with Crippen molar-refractivity contribution in [2.75, 3.05) is 25.6 Å². The molecule has 0 radical (unpaired) electrons. The zero-order valence-corrected chi connectivity index (χ0v) is 16.9. The molecule has 1 amide bonds. The first-order valence-corrected chi connectivity index (χ1v) is 9.68. The van der Waals surface area contributed by atoms with Crippen molar-refractivity contribution < 1.29 is 19.0 Å². The highest BCUT2D eigenvalue weighted by Gasteiger charge is 2.42. The Morgan fingerprint density at radius 2 is 2.23 bits per heavy atom. The normalized spacial score (nSPS) is 24.1. The lowest BCUT2D eigenvalue weighted by Gasteiger charge is -2.38. The molecule has 3 atom stereocenters. The number of carbonyl (C=O) groups is 1. The van der Waals surface area contributed by atoms with Gasteiger partial charge in [0.25, 0.3) is 5.91 Å². The molecule has 1 aromatic rings. The van der Waals surface area contributed by atoms with Crippen molar-refractivity contribution in [2.45, 2.75) is 58.2 Å². The summed E-state index contributed by atoms with van der Waals surface area (Å²) in [5.74, 6) is 0.950. The fourth-order valence-corrected chi connectivity index (χ4v) is 3.81. The molecule has 0 aromatic heterocycles.